The Kier molecular flexibility index (Phi) is 4.43. The number of morpholine rings is 1. The molecule has 2 atom stereocenters. The van der Waals surface area contributed by atoms with E-state index in [4.69, 9.17) is 16.3 Å². The van der Waals surface area contributed by atoms with Crippen LogP contribution in [0, 0.1) is 0 Å². The van der Waals surface area contributed by atoms with Gasteiger partial charge in [-0.3, -0.25) is 0 Å². The predicted molar refractivity (Wildman–Crippen MR) is 77.0 cm³/mol. The molecule has 0 N–H and O–H groups in total. The molecular formula is C11H15ClIN3O. The lowest BCUT2D eigenvalue weighted by molar-refractivity contribution is 0.0752. The Morgan fingerprint density at radius 1 is 1.41 bits per heavy atom. The van der Waals surface area contributed by atoms with Crippen LogP contribution in [-0.4, -0.2) is 35.3 Å². The normalized spacial score (nSPS) is 25.1. The first-order valence-corrected chi connectivity index (χ1v) is 7.47. The molecule has 2 heterocycles. The molecule has 0 radical (unpaired) electrons. The van der Waals surface area contributed by atoms with Crippen LogP contribution in [0.25, 0.3) is 0 Å². The van der Waals surface area contributed by atoms with Gasteiger partial charge in [-0.2, -0.15) is 0 Å². The average molecular weight is 368 g/mol. The summed E-state index contributed by atoms with van der Waals surface area (Å²) in [7, 11) is 0. The fraction of sp³-hybridized carbons (Fsp3) is 0.636. The van der Waals surface area contributed by atoms with E-state index in [1.807, 2.05) is 6.07 Å². The quantitative estimate of drug-likeness (QED) is 0.458. The molecule has 17 heavy (non-hydrogen) atoms. The summed E-state index contributed by atoms with van der Waals surface area (Å²) in [6, 6.07) is 2.63. The van der Waals surface area contributed by atoms with Gasteiger partial charge in [0.1, 0.15) is 5.82 Å². The van der Waals surface area contributed by atoms with Crippen molar-refractivity contribution < 1.29 is 4.74 Å². The molecule has 0 bridgehead atoms. The number of alkyl halides is 1. The highest BCUT2D eigenvalue weighted by molar-refractivity contribution is 14.1. The van der Waals surface area contributed by atoms with Gasteiger partial charge in [0.05, 0.1) is 31.0 Å². The van der Waals surface area contributed by atoms with E-state index in [1.54, 1.807) is 0 Å². The second-order valence-electron chi connectivity index (χ2n) is 4.26. The van der Waals surface area contributed by atoms with Crippen molar-refractivity contribution >= 4 is 40.0 Å². The van der Waals surface area contributed by atoms with Gasteiger partial charge in [-0.05, 0) is 25.4 Å². The second kappa shape index (κ2) is 5.67. The predicted octanol–water partition coefficient (Wildman–Crippen LogP) is 2.68. The molecule has 1 aromatic rings. The number of hydrogen-bond acceptors (Lipinski definition) is 4. The van der Waals surface area contributed by atoms with E-state index in [9.17, 15) is 0 Å². The lowest BCUT2D eigenvalue weighted by Gasteiger charge is -2.39. The van der Waals surface area contributed by atoms with Gasteiger partial charge in [0.15, 0.2) is 0 Å². The van der Waals surface area contributed by atoms with Crippen LogP contribution in [-0.2, 0) is 9.16 Å². The molecule has 0 saturated carbocycles. The van der Waals surface area contributed by atoms with Crippen LogP contribution in [0.15, 0.2) is 6.07 Å². The highest BCUT2D eigenvalue weighted by Gasteiger charge is 2.27. The molecule has 1 saturated heterocycles. The first kappa shape index (κ1) is 13.3. The van der Waals surface area contributed by atoms with Crippen molar-refractivity contribution in [3.63, 3.8) is 0 Å². The maximum atomic E-state index is 5.96. The number of rotatable bonds is 2. The summed E-state index contributed by atoms with van der Waals surface area (Å²) in [6.45, 7) is 5.72. The number of halogens is 2. The minimum absolute atomic E-state index is 0.312. The summed E-state index contributed by atoms with van der Waals surface area (Å²) in [4.78, 5) is 10.8. The number of hydrogen-bond donors (Lipinski definition) is 0. The first-order valence-electron chi connectivity index (χ1n) is 5.57. The van der Waals surface area contributed by atoms with Gasteiger partial charge in [-0.25, -0.2) is 9.97 Å². The van der Waals surface area contributed by atoms with Gasteiger partial charge >= 0.3 is 0 Å². The van der Waals surface area contributed by atoms with E-state index in [1.165, 1.54) is 0 Å². The van der Waals surface area contributed by atoms with Crippen LogP contribution in [0.3, 0.4) is 0 Å². The Morgan fingerprint density at radius 2 is 2.06 bits per heavy atom. The third-order valence-corrected chi connectivity index (χ3v) is 3.76. The van der Waals surface area contributed by atoms with Crippen molar-refractivity contribution in [2.75, 3.05) is 18.1 Å². The van der Waals surface area contributed by atoms with Gasteiger partial charge in [0, 0.05) is 10.5 Å². The summed E-state index contributed by atoms with van der Waals surface area (Å²) in [5.41, 5.74) is 0.964. The number of nitrogens with zero attached hydrogens (tertiary/aromatic N) is 3. The monoisotopic (exact) mass is 367 g/mol. The molecule has 1 aliphatic heterocycles. The van der Waals surface area contributed by atoms with E-state index in [0.29, 0.717) is 17.4 Å². The molecule has 0 spiro atoms. The Hall–Kier alpha value is -0.140. The lowest BCUT2D eigenvalue weighted by atomic mass is 10.1. The van der Waals surface area contributed by atoms with Gasteiger partial charge < -0.3 is 9.64 Å². The molecule has 0 unspecified atom stereocenters. The topological polar surface area (TPSA) is 38.2 Å². The summed E-state index contributed by atoms with van der Waals surface area (Å²) in [6.07, 6.45) is 0. The molecule has 0 amide bonds. The van der Waals surface area contributed by atoms with Crippen LogP contribution in [0.5, 0.6) is 0 Å². The minimum Gasteiger partial charge on any atom is -0.377 e. The lowest BCUT2D eigenvalue weighted by Crippen LogP contribution is -2.50. The molecule has 2 rings (SSSR count). The van der Waals surface area contributed by atoms with Crippen LogP contribution >= 0.6 is 34.2 Å². The zero-order valence-electron chi connectivity index (χ0n) is 9.86. The highest BCUT2D eigenvalue weighted by atomic mass is 127. The fourth-order valence-electron chi connectivity index (χ4n) is 2.11. The van der Waals surface area contributed by atoms with E-state index in [2.05, 4.69) is 51.3 Å². The highest BCUT2D eigenvalue weighted by Crippen LogP contribution is 2.24. The molecular weight excluding hydrogens is 352 g/mol. The van der Waals surface area contributed by atoms with E-state index >= 15 is 0 Å². The maximum absolute atomic E-state index is 5.96. The van der Waals surface area contributed by atoms with Crippen molar-refractivity contribution in [2.24, 2.45) is 0 Å². The summed E-state index contributed by atoms with van der Waals surface area (Å²) in [5.74, 6) is 0.903. The van der Waals surface area contributed by atoms with Gasteiger partial charge in [-0.15, -0.1) is 0 Å². The summed E-state index contributed by atoms with van der Waals surface area (Å²) in [5, 5.41) is 0.319. The first-order chi connectivity index (χ1) is 8.11. The van der Waals surface area contributed by atoms with Crippen molar-refractivity contribution in [3.05, 3.63) is 17.0 Å². The molecule has 94 valence electrons. The zero-order chi connectivity index (χ0) is 12.4. The smallest absolute Gasteiger partial charge is 0.224 e. The Balaban J connectivity index is 2.34. The van der Waals surface area contributed by atoms with Crippen molar-refractivity contribution in [1.29, 1.82) is 0 Å². The minimum atomic E-state index is 0.312. The third kappa shape index (κ3) is 3.00. The maximum Gasteiger partial charge on any atom is 0.224 e. The Morgan fingerprint density at radius 3 is 2.65 bits per heavy atom. The zero-order valence-corrected chi connectivity index (χ0v) is 12.8. The number of anilines is 1. The fourth-order valence-corrected chi connectivity index (χ4v) is 2.69. The van der Waals surface area contributed by atoms with Crippen LogP contribution in [0.4, 0.5) is 5.82 Å². The number of aromatic nitrogens is 2. The third-order valence-electron chi connectivity index (χ3n) is 2.81. The van der Waals surface area contributed by atoms with Gasteiger partial charge in [-0.1, -0.05) is 22.6 Å². The van der Waals surface area contributed by atoms with Gasteiger partial charge in [0.25, 0.3) is 0 Å². The molecule has 1 aliphatic rings. The molecule has 0 aromatic carbocycles. The number of ether oxygens (including phenoxy) is 1. The van der Waals surface area contributed by atoms with Crippen LogP contribution < -0.4 is 4.90 Å². The molecule has 1 fully saturated rings. The Labute approximate surface area is 120 Å². The van der Waals surface area contributed by atoms with Gasteiger partial charge in [0.2, 0.25) is 5.28 Å². The Bertz CT molecular complexity index is 394. The molecule has 1 aromatic heterocycles. The van der Waals surface area contributed by atoms with Crippen LogP contribution in [0.1, 0.15) is 19.5 Å². The van der Waals surface area contributed by atoms with Crippen LogP contribution in [0.2, 0.25) is 5.28 Å². The molecule has 6 heteroatoms. The SMILES string of the molecule is C[C@H]1COC[C@H](C)N1c1cc(CI)nc(Cl)n1. The van der Waals surface area contributed by atoms with E-state index in [-0.39, 0.29) is 0 Å². The second-order valence-corrected chi connectivity index (χ2v) is 5.36. The summed E-state index contributed by atoms with van der Waals surface area (Å²) >= 11 is 8.24. The largest absolute Gasteiger partial charge is 0.377 e. The summed E-state index contributed by atoms with van der Waals surface area (Å²) < 4.78 is 6.35. The average Bonchev–Trinajstić information content (AvgIpc) is 2.28. The molecule has 0 aliphatic carbocycles. The van der Waals surface area contributed by atoms with Crippen molar-refractivity contribution in [3.8, 4) is 0 Å². The van der Waals surface area contributed by atoms with Crippen molar-refractivity contribution in [2.45, 2.75) is 30.4 Å². The standard InChI is InChI=1S/C11H15ClIN3O/c1-7-5-17-6-8(2)16(7)10-3-9(4-13)14-11(12)15-10/h3,7-8H,4-6H2,1-2H3/t7-,8-/m0/s1. The van der Waals surface area contributed by atoms with Crippen molar-refractivity contribution in [1.82, 2.24) is 9.97 Å². The van der Waals surface area contributed by atoms with E-state index < -0.39 is 0 Å². The molecule has 4 nitrogen and oxygen atoms in total. The van der Waals surface area contributed by atoms with E-state index in [0.717, 1.165) is 29.2 Å².